The van der Waals surface area contributed by atoms with Crippen LogP contribution in [0.25, 0.3) is 11.0 Å². The maximum absolute atomic E-state index is 12.6. The molecule has 0 fully saturated rings. The zero-order valence-electron chi connectivity index (χ0n) is 13.8. The van der Waals surface area contributed by atoms with E-state index in [0.29, 0.717) is 16.7 Å². The molecule has 0 saturated carbocycles. The van der Waals surface area contributed by atoms with Gasteiger partial charge in [-0.1, -0.05) is 24.3 Å². The van der Waals surface area contributed by atoms with Crippen LogP contribution < -0.4 is 15.6 Å². The summed E-state index contributed by atoms with van der Waals surface area (Å²) in [6.45, 7) is 3.93. The van der Waals surface area contributed by atoms with Gasteiger partial charge in [-0.2, -0.15) is 0 Å². The van der Waals surface area contributed by atoms with Gasteiger partial charge in [0, 0.05) is 11.1 Å². The maximum atomic E-state index is 12.6. The second-order valence-corrected chi connectivity index (χ2v) is 5.57. The number of ether oxygens (including phenoxy) is 1. The van der Waals surface area contributed by atoms with Gasteiger partial charge in [0.2, 0.25) is 5.55 Å². The average molecular weight is 322 g/mol. The van der Waals surface area contributed by atoms with Crippen molar-refractivity contribution in [2.75, 3.05) is 12.4 Å². The first-order chi connectivity index (χ1) is 11.5. The van der Waals surface area contributed by atoms with Crippen LogP contribution in [0.4, 0.5) is 5.69 Å². The molecule has 3 rings (SSSR count). The van der Waals surface area contributed by atoms with E-state index in [1.807, 2.05) is 44.2 Å². The fraction of sp³-hybridized carbons (Fsp3) is 0.158. The molecule has 2 aromatic carbocycles. The Labute approximate surface area is 139 Å². The Bertz CT molecular complexity index is 990. The van der Waals surface area contributed by atoms with Crippen LogP contribution in [0.5, 0.6) is 5.75 Å². The van der Waals surface area contributed by atoms with Gasteiger partial charge in [0.25, 0.3) is 5.91 Å². The number of hydrogen-bond acceptors (Lipinski definition) is 4. The second kappa shape index (κ2) is 6.20. The molecule has 0 unspecified atom stereocenters. The minimum Gasteiger partial charge on any atom is -0.493 e. The third-order valence-corrected chi connectivity index (χ3v) is 4.08. The largest absolute Gasteiger partial charge is 0.493 e. The van der Waals surface area contributed by atoms with Crippen LogP contribution in [0.15, 0.2) is 46.9 Å². The van der Waals surface area contributed by atoms with Gasteiger partial charge in [0.1, 0.15) is 5.56 Å². The summed E-state index contributed by atoms with van der Waals surface area (Å²) in [5.74, 6) is 0.157. The molecule has 0 aliphatic rings. The van der Waals surface area contributed by atoms with Gasteiger partial charge >= 0.3 is 0 Å². The first kappa shape index (κ1) is 15.8. The summed E-state index contributed by atoms with van der Waals surface area (Å²) in [5, 5.41) is 11.6. The van der Waals surface area contributed by atoms with Gasteiger partial charge in [0.05, 0.1) is 7.11 Å². The number of amides is 1. The average Bonchev–Trinajstić information content (AvgIpc) is 2.57. The molecule has 0 atom stereocenters. The number of anilines is 1. The van der Waals surface area contributed by atoms with E-state index in [1.54, 1.807) is 12.1 Å². The SMILES string of the molecule is COc1cccc2cc(C(=O)Nc3cccc(C)c3C)c(=N)oc12. The van der Waals surface area contributed by atoms with Crippen molar-refractivity contribution in [3.63, 3.8) is 0 Å². The maximum Gasteiger partial charge on any atom is 0.261 e. The molecule has 0 radical (unpaired) electrons. The molecule has 24 heavy (non-hydrogen) atoms. The Morgan fingerprint density at radius 2 is 1.92 bits per heavy atom. The second-order valence-electron chi connectivity index (χ2n) is 5.57. The number of rotatable bonds is 3. The monoisotopic (exact) mass is 322 g/mol. The molecule has 5 nitrogen and oxygen atoms in total. The number of fused-ring (bicyclic) bond motifs is 1. The fourth-order valence-electron chi connectivity index (χ4n) is 2.54. The molecule has 2 N–H and O–H groups in total. The normalized spacial score (nSPS) is 10.6. The fourth-order valence-corrected chi connectivity index (χ4v) is 2.54. The van der Waals surface area contributed by atoms with Crippen LogP contribution >= 0.6 is 0 Å². The summed E-state index contributed by atoms with van der Waals surface area (Å²) in [4.78, 5) is 12.6. The van der Waals surface area contributed by atoms with Gasteiger partial charge in [0.15, 0.2) is 11.3 Å². The van der Waals surface area contributed by atoms with Crippen LogP contribution in [-0.2, 0) is 0 Å². The molecule has 1 heterocycles. The molecule has 1 amide bonds. The Kier molecular flexibility index (Phi) is 4.08. The molecular weight excluding hydrogens is 304 g/mol. The van der Waals surface area contributed by atoms with E-state index in [1.165, 1.54) is 7.11 Å². The van der Waals surface area contributed by atoms with Gasteiger partial charge in [-0.3, -0.25) is 10.2 Å². The zero-order valence-corrected chi connectivity index (χ0v) is 13.8. The first-order valence-corrected chi connectivity index (χ1v) is 7.54. The minimum absolute atomic E-state index is 0.177. The van der Waals surface area contributed by atoms with E-state index < -0.39 is 0 Å². The van der Waals surface area contributed by atoms with Crippen molar-refractivity contribution in [3.05, 3.63) is 64.7 Å². The number of para-hydroxylation sites is 1. The van der Waals surface area contributed by atoms with Crippen LogP contribution in [0, 0.1) is 19.3 Å². The van der Waals surface area contributed by atoms with E-state index in [-0.39, 0.29) is 17.0 Å². The Balaban J connectivity index is 2.03. The van der Waals surface area contributed by atoms with Crippen molar-refractivity contribution in [2.45, 2.75) is 13.8 Å². The van der Waals surface area contributed by atoms with Gasteiger partial charge in [-0.25, -0.2) is 0 Å². The summed E-state index contributed by atoms with van der Waals surface area (Å²) in [6, 6.07) is 12.7. The summed E-state index contributed by atoms with van der Waals surface area (Å²) >= 11 is 0. The highest BCUT2D eigenvalue weighted by Crippen LogP contribution is 2.25. The Hall–Kier alpha value is -3.08. The lowest BCUT2D eigenvalue weighted by Crippen LogP contribution is -2.21. The van der Waals surface area contributed by atoms with E-state index in [2.05, 4.69) is 5.32 Å². The number of benzene rings is 2. The highest BCUT2D eigenvalue weighted by molar-refractivity contribution is 6.06. The molecule has 122 valence electrons. The standard InChI is InChI=1S/C19H18N2O3/c1-11-6-4-8-15(12(11)2)21-19(22)14-10-13-7-5-9-16(23-3)17(13)24-18(14)20/h4-10,20H,1-3H3,(H,21,22). The van der Waals surface area contributed by atoms with Crippen molar-refractivity contribution >= 4 is 22.6 Å². The number of carbonyl (C=O) groups is 1. The molecule has 0 spiro atoms. The molecule has 0 saturated heterocycles. The van der Waals surface area contributed by atoms with Crippen LogP contribution in [0.1, 0.15) is 21.5 Å². The molecule has 1 aromatic heterocycles. The lowest BCUT2D eigenvalue weighted by Gasteiger charge is -2.11. The van der Waals surface area contributed by atoms with Gasteiger partial charge < -0.3 is 14.5 Å². The summed E-state index contributed by atoms with van der Waals surface area (Å²) in [7, 11) is 1.54. The summed E-state index contributed by atoms with van der Waals surface area (Å²) in [6.07, 6.45) is 0. The summed E-state index contributed by atoms with van der Waals surface area (Å²) in [5.41, 5.74) is 3.24. The van der Waals surface area contributed by atoms with Crippen molar-refractivity contribution in [2.24, 2.45) is 0 Å². The molecule has 5 heteroatoms. The van der Waals surface area contributed by atoms with Crippen molar-refractivity contribution in [1.29, 1.82) is 5.41 Å². The third kappa shape index (κ3) is 2.76. The highest BCUT2D eigenvalue weighted by atomic mass is 16.5. The molecular formula is C19H18N2O3. The lowest BCUT2D eigenvalue weighted by atomic mass is 10.1. The van der Waals surface area contributed by atoms with Crippen molar-refractivity contribution in [3.8, 4) is 5.75 Å². The predicted octanol–water partition coefficient (Wildman–Crippen LogP) is 3.79. The van der Waals surface area contributed by atoms with Crippen molar-refractivity contribution in [1.82, 2.24) is 0 Å². The quantitative estimate of drug-likeness (QED) is 0.770. The van der Waals surface area contributed by atoms with E-state index in [9.17, 15) is 4.79 Å². The number of aryl methyl sites for hydroxylation is 1. The minimum atomic E-state index is -0.373. The Morgan fingerprint density at radius 1 is 1.17 bits per heavy atom. The van der Waals surface area contributed by atoms with Gasteiger partial charge in [-0.15, -0.1) is 0 Å². The molecule has 0 aliphatic carbocycles. The molecule has 0 aliphatic heterocycles. The molecule has 3 aromatic rings. The Morgan fingerprint density at radius 3 is 2.67 bits per heavy atom. The number of methoxy groups -OCH3 is 1. The molecule has 0 bridgehead atoms. The van der Waals surface area contributed by atoms with Crippen LogP contribution in [0.3, 0.4) is 0 Å². The van der Waals surface area contributed by atoms with Crippen LogP contribution in [0.2, 0.25) is 0 Å². The first-order valence-electron chi connectivity index (χ1n) is 7.54. The smallest absolute Gasteiger partial charge is 0.261 e. The topological polar surface area (TPSA) is 75.3 Å². The number of hydrogen-bond donors (Lipinski definition) is 2. The lowest BCUT2D eigenvalue weighted by molar-refractivity contribution is 0.102. The highest BCUT2D eigenvalue weighted by Gasteiger charge is 2.14. The van der Waals surface area contributed by atoms with Gasteiger partial charge in [-0.05, 0) is 43.2 Å². The van der Waals surface area contributed by atoms with E-state index in [4.69, 9.17) is 14.6 Å². The van der Waals surface area contributed by atoms with E-state index >= 15 is 0 Å². The third-order valence-electron chi connectivity index (χ3n) is 4.08. The number of nitrogens with one attached hydrogen (secondary N) is 2. The zero-order chi connectivity index (χ0) is 17.3. The predicted molar refractivity (Wildman–Crippen MR) is 92.5 cm³/mol. The number of carbonyl (C=O) groups excluding carboxylic acids is 1. The van der Waals surface area contributed by atoms with Crippen LogP contribution in [-0.4, -0.2) is 13.0 Å². The van der Waals surface area contributed by atoms with E-state index in [0.717, 1.165) is 16.8 Å². The summed E-state index contributed by atoms with van der Waals surface area (Å²) < 4.78 is 10.7. The van der Waals surface area contributed by atoms with Crippen molar-refractivity contribution < 1.29 is 13.9 Å².